The number of pyridine rings is 1. The van der Waals surface area contributed by atoms with Gasteiger partial charge in [0.25, 0.3) is 11.5 Å². The van der Waals surface area contributed by atoms with Crippen molar-refractivity contribution in [2.75, 3.05) is 44.9 Å². The summed E-state index contributed by atoms with van der Waals surface area (Å²) in [6, 6.07) is 2.05. The number of rotatable bonds is 9. The number of anilines is 1. The average molecular weight is 533 g/mol. The Kier molecular flexibility index (Phi) is 9.70. The lowest BCUT2D eigenvalue weighted by molar-refractivity contribution is -0.148. The number of piperidine rings is 1. The molecule has 2 saturated heterocycles. The molecule has 2 fully saturated rings. The Morgan fingerprint density at radius 2 is 1.97 bits per heavy atom. The van der Waals surface area contributed by atoms with Gasteiger partial charge in [0, 0.05) is 45.5 Å². The zero-order valence-corrected chi connectivity index (χ0v) is 22.8. The van der Waals surface area contributed by atoms with Crippen LogP contribution in [0.15, 0.2) is 9.70 Å². The van der Waals surface area contributed by atoms with Gasteiger partial charge in [-0.05, 0) is 51.7 Å². The molecule has 36 heavy (non-hydrogen) atoms. The molecular weight excluding hydrogens is 500 g/mol. The molecule has 2 aliphatic heterocycles. The molecule has 0 saturated carbocycles. The van der Waals surface area contributed by atoms with E-state index in [4.69, 9.17) is 21.7 Å². The van der Waals surface area contributed by atoms with Crippen LogP contribution in [0.3, 0.4) is 0 Å². The second-order valence-electron chi connectivity index (χ2n) is 8.59. The van der Waals surface area contributed by atoms with Crippen molar-refractivity contribution in [3.8, 4) is 6.07 Å². The van der Waals surface area contributed by atoms with Gasteiger partial charge in [-0.3, -0.25) is 23.9 Å². The minimum absolute atomic E-state index is 0.0591. The average Bonchev–Trinajstić information content (AvgIpc) is 3.13. The molecule has 3 rings (SSSR count). The predicted molar refractivity (Wildman–Crippen MR) is 144 cm³/mol. The topological polar surface area (TPSA) is 105 Å². The highest BCUT2D eigenvalue weighted by atomic mass is 32.2. The van der Waals surface area contributed by atoms with Crippen LogP contribution in [0.1, 0.15) is 49.8 Å². The first-order valence-electron chi connectivity index (χ1n) is 12.1. The SMILES string of the molecule is CCOC(=O)C1CCN(c2c(C=C3SC(=S)N(CCCOC)C3=O)c(C)c(C#N)c(=O)n2CC)CC1. The number of ether oxygens (including phenoxy) is 2. The van der Waals surface area contributed by atoms with Crippen LogP contribution in [0.2, 0.25) is 0 Å². The summed E-state index contributed by atoms with van der Waals surface area (Å²) < 4.78 is 12.3. The largest absolute Gasteiger partial charge is 0.466 e. The standard InChI is InChI=1S/C25H32N4O5S2/c1-5-28-21(27-11-8-17(9-12-27)24(32)34-6-2)18(16(3)19(15-26)22(28)30)14-20-23(31)29(25(35)36-20)10-7-13-33-4/h14,17H,5-13H2,1-4H3. The number of methoxy groups -OCH3 is 1. The van der Waals surface area contributed by atoms with Gasteiger partial charge >= 0.3 is 5.97 Å². The summed E-state index contributed by atoms with van der Waals surface area (Å²) in [4.78, 5) is 42.7. The lowest BCUT2D eigenvalue weighted by atomic mass is 9.95. The number of carbonyl (C=O) groups excluding carboxylic acids is 2. The Morgan fingerprint density at radius 3 is 2.56 bits per heavy atom. The van der Waals surface area contributed by atoms with Gasteiger partial charge in [0.1, 0.15) is 21.8 Å². The maximum absolute atomic E-state index is 13.2. The second kappa shape index (κ2) is 12.5. The molecule has 0 radical (unpaired) electrons. The molecule has 1 aromatic heterocycles. The number of hydrogen-bond acceptors (Lipinski definition) is 9. The Bertz CT molecular complexity index is 1160. The van der Waals surface area contributed by atoms with E-state index in [2.05, 4.69) is 4.90 Å². The van der Waals surface area contributed by atoms with E-state index in [1.165, 1.54) is 11.8 Å². The number of hydrogen-bond donors (Lipinski definition) is 0. The molecule has 9 nitrogen and oxygen atoms in total. The predicted octanol–water partition coefficient (Wildman–Crippen LogP) is 3.07. The number of nitriles is 1. The van der Waals surface area contributed by atoms with E-state index in [9.17, 15) is 19.6 Å². The van der Waals surface area contributed by atoms with Crippen molar-refractivity contribution in [2.24, 2.45) is 5.92 Å². The van der Waals surface area contributed by atoms with Crippen LogP contribution in [-0.4, -0.2) is 65.6 Å². The summed E-state index contributed by atoms with van der Waals surface area (Å²) in [5.74, 6) is 0.0823. The highest BCUT2D eigenvalue weighted by Crippen LogP contribution is 2.36. The highest BCUT2D eigenvalue weighted by molar-refractivity contribution is 8.26. The molecule has 0 aromatic carbocycles. The summed E-state index contributed by atoms with van der Waals surface area (Å²) in [6.45, 7) is 8.16. The maximum Gasteiger partial charge on any atom is 0.309 e. The molecule has 1 aromatic rings. The molecule has 3 heterocycles. The quantitative estimate of drug-likeness (QED) is 0.205. The summed E-state index contributed by atoms with van der Waals surface area (Å²) in [5, 5.41) is 9.75. The van der Waals surface area contributed by atoms with Gasteiger partial charge in [-0.1, -0.05) is 24.0 Å². The third kappa shape index (κ3) is 5.66. The first kappa shape index (κ1) is 27.9. The van der Waals surface area contributed by atoms with Crippen molar-refractivity contribution < 1.29 is 19.1 Å². The van der Waals surface area contributed by atoms with Crippen molar-refractivity contribution in [1.29, 1.82) is 5.26 Å². The van der Waals surface area contributed by atoms with Crippen LogP contribution in [-0.2, 0) is 25.6 Å². The molecule has 0 bridgehead atoms. The molecule has 0 aliphatic carbocycles. The van der Waals surface area contributed by atoms with Crippen LogP contribution < -0.4 is 10.5 Å². The van der Waals surface area contributed by atoms with Gasteiger partial charge < -0.3 is 14.4 Å². The number of carbonyl (C=O) groups is 2. The van der Waals surface area contributed by atoms with Gasteiger partial charge in [0.15, 0.2) is 0 Å². The van der Waals surface area contributed by atoms with E-state index in [1.54, 1.807) is 36.5 Å². The summed E-state index contributed by atoms with van der Waals surface area (Å²) in [6.07, 6.45) is 3.60. The van der Waals surface area contributed by atoms with E-state index in [1.807, 2.05) is 13.0 Å². The van der Waals surface area contributed by atoms with Crippen LogP contribution >= 0.6 is 24.0 Å². The zero-order valence-electron chi connectivity index (χ0n) is 21.2. The smallest absolute Gasteiger partial charge is 0.309 e. The molecular formula is C25H32N4O5S2. The molecule has 0 atom stereocenters. The van der Waals surface area contributed by atoms with Crippen LogP contribution in [0, 0.1) is 24.2 Å². The zero-order chi connectivity index (χ0) is 26.4. The van der Waals surface area contributed by atoms with Gasteiger partial charge in [-0.2, -0.15) is 5.26 Å². The van der Waals surface area contributed by atoms with E-state index >= 15 is 0 Å². The monoisotopic (exact) mass is 532 g/mol. The number of amides is 1. The van der Waals surface area contributed by atoms with Gasteiger partial charge in [0.2, 0.25) is 0 Å². The summed E-state index contributed by atoms with van der Waals surface area (Å²) >= 11 is 6.67. The van der Waals surface area contributed by atoms with Crippen LogP contribution in [0.4, 0.5) is 5.82 Å². The normalized spacial score (nSPS) is 17.7. The van der Waals surface area contributed by atoms with Gasteiger partial charge in [-0.25, -0.2) is 0 Å². The third-order valence-corrected chi connectivity index (χ3v) is 7.83. The molecule has 1 amide bonds. The number of thiocarbonyl (C=S) groups is 1. The highest BCUT2D eigenvalue weighted by Gasteiger charge is 2.34. The first-order valence-corrected chi connectivity index (χ1v) is 13.3. The minimum Gasteiger partial charge on any atom is -0.466 e. The lowest BCUT2D eigenvalue weighted by Crippen LogP contribution is -2.41. The number of thioether (sulfide) groups is 1. The maximum atomic E-state index is 13.2. The van der Waals surface area contributed by atoms with Crippen molar-refractivity contribution in [1.82, 2.24) is 9.47 Å². The second-order valence-corrected chi connectivity index (χ2v) is 10.3. The first-order chi connectivity index (χ1) is 17.3. The van der Waals surface area contributed by atoms with E-state index < -0.39 is 0 Å². The molecule has 11 heteroatoms. The van der Waals surface area contributed by atoms with Crippen molar-refractivity contribution in [2.45, 2.75) is 46.6 Å². The Labute approximate surface area is 221 Å². The fraction of sp³-hybridized carbons (Fsp3) is 0.560. The van der Waals surface area contributed by atoms with Gasteiger partial charge in [-0.15, -0.1) is 0 Å². The Hall–Kier alpha value is -2.68. The van der Waals surface area contributed by atoms with E-state index in [0.717, 1.165) is 0 Å². The van der Waals surface area contributed by atoms with Crippen LogP contribution in [0.25, 0.3) is 6.08 Å². The summed E-state index contributed by atoms with van der Waals surface area (Å²) in [7, 11) is 1.61. The van der Waals surface area contributed by atoms with E-state index in [0.29, 0.717) is 84.8 Å². The Balaban J connectivity index is 2.04. The fourth-order valence-corrected chi connectivity index (χ4v) is 5.85. The number of esters is 1. The molecule has 0 spiro atoms. The van der Waals surface area contributed by atoms with Crippen molar-refractivity contribution >= 4 is 52.1 Å². The molecule has 0 unspecified atom stereocenters. The minimum atomic E-state index is -0.357. The number of aromatic nitrogens is 1. The van der Waals surface area contributed by atoms with Gasteiger partial charge in [0.05, 0.1) is 17.4 Å². The van der Waals surface area contributed by atoms with Crippen LogP contribution in [0.5, 0.6) is 0 Å². The summed E-state index contributed by atoms with van der Waals surface area (Å²) in [5.41, 5.74) is 0.882. The Morgan fingerprint density at radius 1 is 1.28 bits per heavy atom. The number of nitrogens with zero attached hydrogens (tertiary/aromatic N) is 4. The lowest BCUT2D eigenvalue weighted by Gasteiger charge is -2.35. The van der Waals surface area contributed by atoms with E-state index in [-0.39, 0.29) is 28.9 Å². The fourth-order valence-electron chi connectivity index (χ4n) is 4.56. The van der Waals surface area contributed by atoms with Crippen molar-refractivity contribution in [3.63, 3.8) is 0 Å². The molecule has 2 aliphatic rings. The molecule has 0 N–H and O–H groups in total. The van der Waals surface area contributed by atoms with Crippen molar-refractivity contribution in [3.05, 3.63) is 31.9 Å². The molecule has 194 valence electrons. The third-order valence-electron chi connectivity index (χ3n) is 6.46.